The Hall–Kier alpha value is -2.30. The molecule has 0 amide bonds. The third kappa shape index (κ3) is 2.13. The van der Waals surface area contributed by atoms with Crippen molar-refractivity contribution in [3.05, 3.63) is 40.9 Å². The van der Waals surface area contributed by atoms with Crippen LogP contribution in [0.15, 0.2) is 35.4 Å². The standard InChI is InChI=1S/C12H12N2O3/c1-16-9-4-3-5-10(17-2)12(9)8-6-13-7-11(15)14-8/h3-7H,1-2H3,(H,14,15). The number of nitrogens with zero attached hydrogens (tertiary/aromatic N) is 1. The van der Waals surface area contributed by atoms with Crippen LogP contribution in [0, 0.1) is 0 Å². The topological polar surface area (TPSA) is 64.2 Å². The lowest BCUT2D eigenvalue weighted by Crippen LogP contribution is -2.06. The van der Waals surface area contributed by atoms with E-state index in [9.17, 15) is 4.79 Å². The van der Waals surface area contributed by atoms with E-state index in [2.05, 4.69) is 9.97 Å². The maximum atomic E-state index is 11.3. The number of aromatic amines is 1. The maximum absolute atomic E-state index is 11.3. The second-order valence-corrected chi connectivity index (χ2v) is 3.35. The van der Waals surface area contributed by atoms with Gasteiger partial charge in [0.1, 0.15) is 11.5 Å². The first-order chi connectivity index (χ1) is 8.26. The Kier molecular flexibility index (Phi) is 3.09. The fourth-order valence-corrected chi connectivity index (χ4v) is 1.62. The van der Waals surface area contributed by atoms with Gasteiger partial charge in [0.05, 0.1) is 37.9 Å². The first kappa shape index (κ1) is 11.2. The third-order valence-corrected chi connectivity index (χ3v) is 2.35. The molecule has 1 N–H and O–H groups in total. The lowest BCUT2D eigenvalue weighted by Gasteiger charge is -2.12. The second-order valence-electron chi connectivity index (χ2n) is 3.35. The molecule has 0 spiro atoms. The summed E-state index contributed by atoms with van der Waals surface area (Å²) in [5, 5.41) is 0. The molecular formula is C12H12N2O3. The van der Waals surface area contributed by atoms with Gasteiger partial charge in [-0.15, -0.1) is 0 Å². The van der Waals surface area contributed by atoms with E-state index in [1.165, 1.54) is 6.20 Å². The van der Waals surface area contributed by atoms with Crippen molar-refractivity contribution in [2.45, 2.75) is 0 Å². The zero-order valence-corrected chi connectivity index (χ0v) is 9.56. The molecule has 1 aromatic heterocycles. The van der Waals surface area contributed by atoms with Gasteiger partial charge in [0, 0.05) is 0 Å². The zero-order chi connectivity index (χ0) is 12.3. The van der Waals surface area contributed by atoms with E-state index in [-0.39, 0.29) is 5.56 Å². The van der Waals surface area contributed by atoms with Gasteiger partial charge in [-0.25, -0.2) is 0 Å². The van der Waals surface area contributed by atoms with Gasteiger partial charge in [0.25, 0.3) is 5.56 Å². The fourth-order valence-electron chi connectivity index (χ4n) is 1.62. The Morgan fingerprint density at radius 3 is 2.29 bits per heavy atom. The predicted octanol–water partition coefficient (Wildman–Crippen LogP) is 1.45. The second kappa shape index (κ2) is 4.69. The summed E-state index contributed by atoms with van der Waals surface area (Å²) in [6, 6.07) is 5.40. The number of aromatic nitrogens is 2. The van der Waals surface area contributed by atoms with E-state index in [1.807, 2.05) is 6.07 Å². The van der Waals surface area contributed by atoms with Gasteiger partial charge < -0.3 is 14.5 Å². The van der Waals surface area contributed by atoms with Crippen molar-refractivity contribution in [1.29, 1.82) is 0 Å². The molecule has 1 heterocycles. The minimum atomic E-state index is -0.268. The van der Waals surface area contributed by atoms with E-state index < -0.39 is 0 Å². The Morgan fingerprint density at radius 2 is 1.76 bits per heavy atom. The highest BCUT2D eigenvalue weighted by Crippen LogP contribution is 2.36. The Bertz CT molecular complexity index is 556. The molecule has 0 bridgehead atoms. The summed E-state index contributed by atoms with van der Waals surface area (Å²) in [5.74, 6) is 1.24. The number of hydrogen-bond acceptors (Lipinski definition) is 4. The molecule has 0 atom stereocenters. The lowest BCUT2D eigenvalue weighted by atomic mass is 10.1. The normalized spacial score (nSPS) is 10.0. The summed E-state index contributed by atoms with van der Waals surface area (Å²) in [6.45, 7) is 0. The number of H-pyrrole nitrogens is 1. The first-order valence-electron chi connectivity index (χ1n) is 5.02. The summed E-state index contributed by atoms with van der Waals surface area (Å²) in [6.07, 6.45) is 2.77. The van der Waals surface area contributed by atoms with Crippen molar-refractivity contribution < 1.29 is 9.47 Å². The zero-order valence-electron chi connectivity index (χ0n) is 9.56. The molecule has 1 aromatic carbocycles. The van der Waals surface area contributed by atoms with Gasteiger partial charge in [-0.1, -0.05) is 6.07 Å². The van der Waals surface area contributed by atoms with Crippen molar-refractivity contribution in [2.75, 3.05) is 14.2 Å². The van der Waals surface area contributed by atoms with Gasteiger partial charge in [-0.2, -0.15) is 0 Å². The SMILES string of the molecule is COc1cccc(OC)c1-c1cncc(=O)[nH]1. The average molecular weight is 232 g/mol. The van der Waals surface area contributed by atoms with E-state index in [4.69, 9.17) is 9.47 Å². The largest absolute Gasteiger partial charge is 0.496 e. The minimum Gasteiger partial charge on any atom is -0.496 e. The van der Waals surface area contributed by atoms with E-state index in [1.54, 1.807) is 32.5 Å². The quantitative estimate of drug-likeness (QED) is 0.870. The smallest absolute Gasteiger partial charge is 0.266 e. The number of methoxy groups -OCH3 is 2. The van der Waals surface area contributed by atoms with Gasteiger partial charge in [0.15, 0.2) is 0 Å². The first-order valence-corrected chi connectivity index (χ1v) is 5.02. The molecule has 0 radical (unpaired) electrons. The molecule has 88 valence electrons. The highest BCUT2D eigenvalue weighted by atomic mass is 16.5. The van der Waals surface area contributed by atoms with Crippen molar-refractivity contribution in [2.24, 2.45) is 0 Å². The monoisotopic (exact) mass is 232 g/mol. The molecule has 0 aliphatic carbocycles. The van der Waals surface area contributed by atoms with Crippen LogP contribution in [0.2, 0.25) is 0 Å². The van der Waals surface area contributed by atoms with Crippen molar-refractivity contribution in [1.82, 2.24) is 9.97 Å². The van der Waals surface area contributed by atoms with E-state index >= 15 is 0 Å². The molecule has 0 unspecified atom stereocenters. The highest BCUT2D eigenvalue weighted by Gasteiger charge is 2.12. The maximum Gasteiger partial charge on any atom is 0.266 e. The Morgan fingerprint density at radius 1 is 1.12 bits per heavy atom. The van der Waals surface area contributed by atoms with Crippen LogP contribution in [0.25, 0.3) is 11.3 Å². The number of hydrogen-bond donors (Lipinski definition) is 1. The fraction of sp³-hybridized carbons (Fsp3) is 0.167. The van der Waals surface area contributed by atoms with Crippen LogP contribution in [0.5, 0.6) is 11.5 Å². The molecule has 5 heteroatoms. The molecular weight excluding hydrogens is 220 g/mol. The molecule has 5 nitrogen and oxygen atoms in total. The van der Waals surface area contributed by atoms with Crippen LogP contribution >= 0.6 is 0 Å². The molecule has 0 saturated carbocycles. The van der Waals surface area contributed by atoms with Crippen molar-refractivity contribution in [3.63, 3.8) is 0 Å². The van der Waals surface area contributed by atoms with Crippen LogP contribution in [0.1, 0.15) is 0 Å². The Balaban J connectivity index is 2.68. The van der Waals surface area contributed by atoms with Crippen LogP contribution in [-0.4, -0.2) is 24.2 Å². The van der Waals surface area contributed by atoms with Crippen LogP contribution in [0.4, 0.5) is 0 Å². The summed E-state index contributed by atoms with van der Waals surface area (Å²) in [4.78, 5) is 17.8. The van der Waals surface area contributed by atoms with Crippen molar-refractivity contribution in [3.8, 4) is 22.8 Å². The Labute approximate surface area is 98.0 Å². The van der Waals surface area contributed by atoms with Gasteiger partial charge in [0.2, 0.25) is 0 Å². The van der Waals surface area contributed by atoms with Gasteiger partial charge in [-0.05, 0) is 12.1 Å². The summed E-state index contributed by atoms with van der Waals surface area (Å²) in [5.41, 5.74) is 0.977. The summed E-state index contributed by atoms with van der Waals surface area (Å²) >= 11 is 0. The molecule has 0 saturated heterocycles. The number of ether oxygens (including phenoxy) is 2. The van der Waals surface area contributed by atoms with E-state index in [0.717, 1.165) is 0 Å². The third-order valence-electron chi connectivity index (χ3n) is 2.35. The van der Waals surface area contributed by atoms with Crippen LogP contribution in [-0.2, 0) is 0 Å². The van der Waals surface area contributed by atoms with E-state index in [0.29, 0.717) is 22.8 Å². The average Bonchev–Trinajstić information content (AvgIpc) is 2.37. The number of benzene rings is 1. The van der Waals surface area contributed by atoms with Gasteiger partial charge in [-0.3, -0.25) is 9.78 Å². The number of rotatable bonds is 3. The summed E-state index contributed by atoms with van der Waals surface area (Å²) < 4.78 is 10.5. The number of nitrogens with one attached hydrogen (secondary N) is 1. The molecule has 2 rings (SSSR count). The van der Waals surface area contributed by atoms with Crippen LogP contribution in [0.3, 0.4) is 0 Å². The van der Waals surface area contributed by atoms with Gasteiger partial charge >= 0.3 is 0 Å². The minimum absolute atomic E-state index is 0.268. The molecule has 0 fully saturated rings. The lowest BCUT2D eigenvalue weighted by molar-refractivity contribution is 0.397. The summed E-state index contributed by atoms with van der Waals surface area (Å²) in [7, 11) is 3.12. The van der Waals surface area contributed by atoms with Crippen molar-refractivity contribution >= 4 is 0 Å². The highest BCUT2D eigenvalue weighted by molar-refractivity contribution is 5.73. The molecule has 0 aliphatic heterocycles. The molecule has 0 aliphatic rings. The predicted molar refractivity (Wildman–Crippen MR) is 63.4 cm³/mol. The molecule has 2 aromatic rings. The van der Waals surface area contributed by atoms with Crippen LogP contribution < -0.4 is 15.0 Å². The molecule has 17 heavy (non-hydrogen) atoms.